The first-order chi connectivity index (χ1) is 14.1. The molecule has 2 aromatic carbocycles. The molecule has 3 N–H and O–H groups in total. The first-order valence-electron chi connectivity index (χ1n) is 10.3. The maximum absolute atomic E-state index is 12.7. The second-order valence-electron chi connectivity index (χ2n) is 7.96. The number of amidine groups is 1. The number of nitrogens with two attached hydrogens (primary N) is 1. The van der Waals surface area contributed by atoms with Gasteiger partial charge in [-0.05, 0) is 55.0 Å². The van der Waals surface area contributed by atoms with E-state index in [2.05, 4.69) is 34.9 Å². The third-order valence-corrected chi connectivity index (χ3v) is 5.98. The lowest BCUT2D eigenvalue weighted by atomic mass is 9.90. The average Bonchev–Trinajstić information content (AvgIpc) is 3.15. The number of rotatable bonds is 6. The van der Waals surface area contributed by atoms with Gasteiger partial charge in [-0.15, -0.1) is 0 Å². The predicted octanol–water partition coefficient (Wildman–Crippen LogP) is 3.80. The minimum Gasteiger partial charge on any atom is -0.384 e. The molecule has 1 aliphatic heterocycles. The highest BCUT2D eigenvalue weighted by atomic mass is 16.2. The number of nitrogen functional groups attached to an aromatic ring is 1. The summed E-state index contributed by atoms with van der Waals surface area (Å²) in [6, 6.07) is 18.4. The number of benzene rings is 2. The normalized spacial score (nSPS) is 15.0. The molecule has 4 rings (SSSR count). The molecule has 29 heavy (non-hydrogen) atoms. The van der Waals surface area contributed by atoms with Crippen LogP contribution in [0.1, 0.15) is 30.4 Å². The number of carbonyl (C=O) groups excluding carboxylic acids is 1. The van der Waals surface area contributed by atoms with Crippen LogP contribution in [0.3, 0.4) is 0 Å². The van der Waals surface area contributed by atoms with Crippen LogP contribution in [0, 0.1) is 11.3 Å². The van der Waals surface area contributed by atoms with Gasteiger partial charge in [-0.2, -0.15) is 0 Å². The van der Waals surface area contributed by atoms with Crippen LogP contribution < -0.4 is 5.73 Å². The van der Waals surface area contributed by atoms with Crippen molar-refractivity contribution in [2.24, 2.45) is 11.7 Å². The molecule has 0 bridgehead atoms. The molecule has 0 spiro atoms. The standard InChI is InChI=1S/C24H28N4O/c25-24(26)21-6-7-22-20(17-21)10-14-27(22)15-11-23(29)28-12-8-19(9-13-28)16-18-4-2-1-3-5-18/h1-7,10,14,17,19H,8-9,11-13,15-16H2,(H3,25,26). The van der Waals surface area contributed by atoms with Crippen molar-refractivity contribution < 1.29 is 4.79 Å². The summed E-state index contributed by atoms with van der Waals surface area (Å²) in [7, 11) is 0. The van der Waals surface area contributed by atoms with E-state index in [0.717, 1.165) is 48.8 Å². The second-order valence-corrected chi connectivity index (χ2v) is 7.96. The molecule has 3 aromatic rings. The van der Waals surface area contributed by atoms with Gasteiger partial charge in [0.1, 0.15) is 5.84 Å². The maximum atomic E-state index is 12.7. The summed E-state index contributed by atoms with van der Waals surface area (Å²) in [6.07, 6.45) is 5.80. The zero-order valence-corrected chi connectivity index (χ0v) is 16.7. The molecule has 0 atom stereocenters. The zero-order chi connectivity index (χ0) is 20.2. The van der Waals surface area contributed by atoms with Crippen LogP contribution in [-0.2, 0) is 17.8 Å². The van der Waals surface area contributed by atoms with Crippen molar-refractivity contribution in [1.82, 2.24) is 9.47 Å². The first-order valence-corrected chi connectivity index (χ1v) is 10.3. The number of piperidine rings is 1. The topological polar surface area (TPSA) is 75.1 Å². The van der Waals surface area contributed by atoms with Gasteiger partial charge in [0.05, 0.1) is 0 Å². The van der Waals surface area contributed by atoms with Crippen LogP contribution in [0.15, 0.2) is 60.8 Å². The van der Waals surface area contributed by atoms with Crippen molar-refractivity contribution in [2.45, 2.75) is 32.2 Å². The van der Waals surface area contributed by atoms with Crippen molar-refractivity contribution in [2.75, 3.05) is 13.1 Å². The Morgan fingerprint density at radius 1 is 1.07 bits per heavy atom. The Kier molecular flexibility index (Phi) is 5.65. The van der Waals surface area contributed by atoms with Gasteiger partial charge in [0, 0.05) is 48.7 Å². The Labute approximate surface area is 171 Å². The molecule has 1 saturated heterocycles. The fraction of sp³-hybridized carbons (Fsp3) is 0.333. The highest BCUT2D eigenvalue weighted by Crippen LogP contribution is 2.23. The lowest BCUT2D eigenvalue weighted by molar-refractivity contribution is -0.132. The van der Waals surface area contributed by atoms with E-state index in [0.29, 0.717) is 18.9 Å². The number of carbonyl (C=O) groups is 1. The van der Waals surface area contributed by atoms with Crippen molar-refractivity contribution in [3.8, 4) is 0 Å². The summed E-state index contributed by atoms with van der Waals surface area (Å²) in [5, 5.41) is 8.61. The molecule has 1 aliphatic rings. The van der Waals surface area contributed by atoms with E-state index in [1.54, 1.807) is 0 Å². The lowest BCUT2D eigenvalue weighted by Gasteiger charge is -2.32. The Hall–Kier alpha value is -3.08. The maximum Gasteiger partial charge on any atom is 0.224 e. The molecule has 1 fully saturated rings. The average molecular weight is 389 g/mol. The molecular weight excluding hydrogens is 360 g/mol. The minimum atomic E-state index is 0.0745. The lowest BCUT2D eigenvalue weighted by Crippen LogP contribution is -2.39. The SMILES string of the molecule is N=C(N)c1ccc2c(ccn2CCC(=O)N2CCC(Cc3ccccc3)CC2)c1. The smallest absolute Gasteiger partial charge is 0.224 e. The van der Waals surface area contributed by atoms with Gasteiger partial charge in [0.25, 0.3) is 0 Å². The molecule has 0 radical (unpaired) electrons. The number of fused-ring (bicyclic) bond motifs is 1. The molecule has 0 unspecified atom stereocenters. The van der Waals surface area contributed by atoms with E-state index in [9.17, 15) is 4.79 Å². The second kappa shape index (κ2) is 8.52. The zero-order valence-electron chi connectivity index (χ0n) is 16.7. The molecule has 0 aliphatic carbocycles. The van der Waals surface area contributed by atoms with Gasteiger partial charge in [0.15, 0.2) is 0 Å². The quantitative estimate of drug-likeness (QED) is 0.498. The molecule has 1 amide bonds. The van der Waals surface area contributed by atoms with E-state index in [4.69, 9.17) is 11.1 Å². The van der Waals surface area contributed by atoms with Crippen molar-refractivity contribution in [1.29, 1.82) is 5.41 Å². The molecule has 1 aromatic heterocycles. The van der Waals surface area contributed by atoms with E-state index in [1.165, 1.54) is 5.56 Å². The van der Waals surface area contributed by atoms with E-state index in [-0.39, 0.29) is 11.7 Å². The summed E-state index contributed by atoms with van der Waals surface area (Å²) < 4.78 is 2.11. The number of nitrogens with one attached hydrogen (secondary N) is 1. The summed E-state index contributed by atoms with van der Waals surface area (Å²) in [4.78, 5) is 14.7. The molecule has 5 nitrogen and oxygen atoms in total. The van der Waals surface area contributed by atoms with Crippen LogP contribution in [-0.4, -0.2) is 34.3 Å². The van der Waals surface area contributed by atoms with Crippen molar-refractivity contribution >= 4 is 22.6 Å². The summed E-state index contributed by atoms with van der Waals surface area (Å²) >= 11 is 0. The van der Waals surface area contributed by atoms with Crippen LogP contribution in [0.2, 0.25) is 0 Å². The summed E-state index contributed by atoms with van der Waals surface area (Å²) in [5.41, 5.74) is 8.76. The van der Waals surface area contributed by atoms with Gasteiger partial charge in [0.2, 0.25) is 5.91 Å². The van der Waals surface area contributed by atoms with E-state index in [1.807, 2.05) is 35.4 Å². The predicted molar refractivity (Wildman–Crippen MR) is 117 cm³/mol. The highest BCUT2D eigenvalue weighted by molar-refractivity contribution is 5.98. The fourth-order valence-corrected chi connectivity index (χ4v) is 4.27. The van der Waals surface area contributed by atoms with Crippen LogP contribution in [0.25, 0.3) is 10.9 Å². The van der Waals surface area contributed by atoms with Crippen molar-refractivity contribution in [3.63, 3.8) is 0 Å². The van der Waals surface area contributed by atoms with Gasteiger partial charge in [-0.25, -0.2) is 0 Å². The number of amides is 1. The largest absolute Gasteiger partial charge is 0.384 e. The van der Waals surface area contributed by atoms with Crippen LogP contribution >= 0.6 is 0 Å². The number of likely N-dealkylation sites (tertiary alicyclic amines) is 1. The van der Waals surface area contributed by atoms with E-state index >= 15 is 0 Å². The minimum absolute atomic E-state index is 0.0745. The summed E-state index contributed by atoms with van der Waals surface area (Å²) in [6.45, 7) is 2.40. The Balaban J connectivity index is 1.29. The van der Waals surface area contributed by atoms with Gasteiger partial charge in [-0.1, -0.05) is 30.3 Å². The summed E-state index contributed by atoms with van der Waals surface area (Å²) in [5.74, 6) is 0.987. The highest BCUT2D eigenvalue weighted by Gasteiger charge is 2.22. The number of nitrogens with zero attached hydrogens (tertiary/aromatic N) is 2. The van der Waals surface area contributed by atoms with E-state index < -0.39 is 0 Å². The number of aryl methyl sites for hydroxylation is 1. The van der Waals surface area contributed by atoms with Crippen LogP contribution in [0.4, 0.5) is 0 Å². The molecular formula is C24H28N4O. The monoisotopic (exact) mass is 388 g/mol. The van der Waals surface area contributed by atoms with Gasteiger partial charge >= 0.3 is 0 Å². The van der Waals surface area contributed by atoms with Crippen molar-refractivity contribution in [3.05, 3.63) is 71.9 Å². The number of aromatic nitrogens is 1. The number of hydrogen-bond donors (Lipinski definition) is 2. The third-order valence-electron chi connectivity index (χ3n) is 5.98. The van der Waals surface area contributed by atoms with Gasteiger partial charge in [-0.3, -0.25) is 10.2 Å². The van der Waals surface area contributed by atoms with Gasteiger partial charge < -0.3 is 15.2 Å². The molecule has 5 heteroatoms. The number of hydrogen-bond acceptors (Lipinski definition) is 2. The first kappa shape index (κ1) is 19.2. The molecule has 2 heterocycles. The Morgan fingerprint density at radius 2 is 1.83 bits per heavy atom. The van der Waals surface area contributed by atoms with Crippen LogP contribution in [0.5, 0.6) is 0 Å². The third kappa shape index (κ3) is 4.50. The fourth-order valence-electron chi connectivity index (χ4n) is 4.27. The molecule has 150 valence electrons. The Bertz CT molecular complexity index is 1000. The molecule has 0 saturated carbocycles. The Morgan fingerprint density at radius 3 is 2.55 bits per heavy atom.